The standard InChI is InChI=1S/C16H13BrFN3O2S/c1-24(22,23)11-3-5-15-12(7-11)16(21-9-20-15)19-8-10-2-4-13(17)14(18)6-10/h2-7,9H,8H2,1H3,(H,19,20,21). The maximum Gasteiger partial charge on any atom is 0.175 e. The van der Waals surface area contributed by atoms with Gasteiger partial charge in [-0.15, -0.1) is 0 Å². The molecule has 0 fully saturated rings. The van der Waals surface area contributed by atoms with E-state index in [0.29, 0.717) is 27.7 Å². The highest BCUT2D eigenvalue weighted by molar-refractivity contribution is 9.10. The average Bonchev–Trinajstić information content (AvgIpc) is 2.54. The van der Waals surface area contributed by atoms with Gasteiger partial charge in [0.1, 0.15) is 18.0 Å². The number of nitrogens with zero attached hydrogens (tertiary/aromatic N) is 2. The highest BCUT2D eigenvalue weighted by atomic mass is 79.9. The topological polar surface area (TPSA) is 72.0 Å². The Labute approximate surface area is 147 Å². The van der Waals surface area contributed by atoms with Gasteiger partial charge in [-0.2, -0.15) is 0 Å². The van der Waals surface area contributed by atoms with Gasteiger partial charge in [0.15, 0.2) is 9.84 Å². The fourth-order valence-electron chi connectivity index (χ4n) is 2.24. The number of aromatic nitrogens is 2. The smallest absolute Gasteiger partial charge is 0.175 e. The molecule has 0 amide bonds. The quantitative estimate of drug-likeness (QED) is 0.713. The number of benzene rings is 2. The predicted octanol–water partition coefficient (Wildman–Crippen LogP) is 3.55. The van der Waals surface area contributed by atoms with Crippen molar-refractivity contribution in [3.63, 3.8) is 0 Å². The summed E-state index contributed by atoms with van der Waals surface area (Å²) in [6.07, 6.45) is 2.54. The second kappa shape index (κ2) is 6.45. The second-order valence-electron chi connectivity index (χ2n) is 5.28. The van der Waals surface area contributed by atoms with Crippen LogP contribution in [0.5, 0.6) is 0 Å². The molecule has 0 saturated heterocycles. The van der Waals surface area contributed by atoms with Gasteiger partial charge in [-0.05, 0) is 51.8 Å². The van der Waals surface area contributed by atoms with Gasteiger partial charge in [0.25, 0.3) is 0 Å². The van der Waals surface area contributed by atoms with Crippen molar-refractivity contribution in [3.05, 3.63) is 58.6 Å². The van der Waals surface area contributed by atoms with Gasteiger partial charge >= 0.3 is 0 Å². The number of anilines is 1. The molecule has 124 valence electrons. The Morgan fingerprint density at radius 2 is 1.96 bits per heavy atom. The Morgan fingerprint density at radius 1 is 1.17 bits per heavy atom. The molecule has 0 radical (unpaired) electrons. The van der Waals surface area contributed by atoms with E-state index in [-0.39, 0.29) is 10.7 Å². The molecule has 0 spiro atoms. The number of rotatable bonds is 4. The number of halogens is 2. The summed E-state index contributed by atoms with van der Waals surface area (Å²) in [5.74, 6) is 0.148. The van der Waals surface area contributed by atoms with Crippen LogP contribution in [0.3, 0.4) is 0 Å². The Hall–Kier alpha value is -2.06. The average molecular weight is 410 g/mol. The number of sulfone groups is 1. The molecule has 0 atom stereocenters. The van der Waals surface area contributed by atoms with Crippen molar-refractivity contribution in [1.29, 1.82) is 0 Å². The van der Waals surface area contributed by atoms with Crippen molar-refractivity contribution in [1.82, 2.24) is 9.97 Å². The number of hydrogen-bond donors (Lipinski definition) is 1. The van der Waals surface area contributed by atoms with Crippen molar-refractivity contribution in [3.8, 4) is 0 Å². The third-order valence-corrected chi connectivity index (χ3v) is 5.23. The molecule has 0 bridgehead atoms. The molecule has 3 rings (SSSR count). The highest BCUT2D eigenvalue weighted by Gasteiger charge is 2.11. The van der Waals surface area contributed by atoms with Crippen molar-refractivity contribution in [2.24, 2.45) is 0 Å². The zero-order valence-corrected chi connectivity index (χ0v) is 15.0. The molecular weight excluding hydrogens is 397 g/mol. The number of hydrogen-bond acceptors (Lipinski definition) is 5. The minimum absolute atomic E-state index is 0.197. The normalized spacial score (nSPS) is 11.6. The summed E-state index contributed by atoms with van der Waals surface area (Å²) in [7, 11) is -3.33. The third kappa shape index (κ3) is 3.54. The predicted molar refractivity (Wildman–Crippen MR) is 94.1 cm³/mol. The first-order valence-corrected chi connectivity index (χ1v) is 9.65. The maximum atomic E-state index is 13.6. The highest BCUT2D eigenvalue weighted by Crippen LogP contribution is 2.24. The van der Waals surface area contributed by atoms with Gasteiger partial charge in [-0.3, -0.25) is 0 Å². The lowest BCUT2D eigenvalue weighted by atomic mass is 10.2. The summed E-state index contributed by atoms with van der Waals surface area (Å²) >= 11 is 3.11. The minimum Gasteiger partial charge on any atom is -0.365 e. The molecule has 24 heavy (non-hydrogen) atoms. The molecule has 5 nitrogen and oxygen atoms in total. The summed E-state index contributed by atoms with van der Waals surface area (Å²) in [6.45, 7) is 0.347. The van der Waals surface area contributed by atoms with Crippen LogP contribution in [-0.2, 0) is 16.4 Å². The third-order valence-electron chi connectivity index (χ3n) is 3.48. The fraction of sp³-hybridized carbons (Fsp3) is 0.125. The van der Waals surface area contributed by atoms with Crippen LogP contribution in [0, 0.1) is 5.82 Å². The summed E-state index contributed by atoms with van der Waals surface area (Å²) < 4.78 is 37.4. The van der Waals surface area contributed by atoms with Crippen LogP contribution in [-0.4, -0.2) is 24.6 Å². The van der Waals surface area contributed by atoms with Crippen LogP contribution in [0.15, 0.2) is 52.1 Å². The molecule has 3 aromatic rings. The maximum absolute atomic E-state index is 13.6. The molecule has 0 aliphatic heterocycles. The number of nitrogens with one attached hydrogen (secondary N) is 1. The van der Waals surface area contributed by atoms with Gasteiger partial charge < -0.3 is 5.32 Å². The first kappa shape index (κ1) is 16.8. The molecule has 0 unspecified atom stereocenters. The van der Waals surface area contributed by atoms with E-state index in [9.17, 15) is 12.8 Å². The zero-order chi connectivity index (χ0) is 17.3. The van der Waals surface area contributed by atoms with Crippen LogP contribution in [0.2, 0.25) is 0 Å². The van der Waals surface area contributed by atoms with E-state index in [1.165, 1.54) is 24.5 Å². The fourth-order valence-corrected chi connectivity index (χ4v) is 3.14. The zero-order valence-electron chi connectivity index (χ0n) is 12.6. The minimum atomic E-state index is -3.33. The van der Waals surface area contributed by atoms with Crippen LogP contribution in [0.1, 0.15) is 5.56 Å². The molecule has 1 aromatic heterocycles. The molecule has 2 aromatic carbocycles. The van der Waals surface area contributed by atoms with Crippen LogP contribution < -0.4 is 5.32 Å². The lowest BCUT2D eigenvalue weighted by molar-refractivity contribution is 0.602. The molecule has 1 heterocycles. The van der Waals surface area contributed by atoms with E-state index in [1.54, 1.807) is 18.2 Å². The van der Waals surface area contributed by atoms with Crippen molar-refractivity contribution < 1.29 is 12.8 Å². The van der Waals surface area contributed by atoms with Gasteiger partial charge in [0.05, 0.1) is 14.9 Å². The van der Waals surface area contributed by atoms with Crippen molar-refractivity contribution in [2.75, 3.05) is 11.6 Å². The van der Waals surface area contributed by atoms with Crippen LogP contribution in [0.25, 0.3) is 10.9 Å². The van der Waals surface area contributed by atoms with E-state index in [4.69, 9.17) is 0 Å². The van der Waals surface area contributed by atoms with E-state index in [1.807, 2.05) is 0 Å². The van der Waals surface area contributed by atoms with Crippen LogP contribution >= 0.6 is 15.9 Å². The monoisotopic (exact) mass is 409 g/mol. The van der Waals surface area contributed by atoms with Crippen molar-refractivity contribution >= 4 is 42.5 Å². The lowest BCUT2D eigenvalue weighted by Gasteiger charge is -2.10. The summed E-state index contributed by atoms with van der Waals surface area (Å²) in [6, 6.07) is 9.52. The Bertz CT molecular complexity index is 1030. The van der Waals surface area contributed by atoms with Crippen LogP contribution in [0.4, 0.5) is 10.2 Å². The molecule has 8 heteroatoms. The molecule has 1 N–H and O–H groups in total. The Kier molecular flexibility index (Phi) is 4.51. The van der Waals surface area contributed by atoms with E-state index >= 15 is 0 Å². The second-order valence-corrected chi connectivity index (χ2v) is 8.15. The van der Waals surface area contributed by atoms with Gasteiger partial charge in [0.2, 0.25) is 0 Å². The molecule has 0 saturated carbocycles. The van der Waals surface area contributed by atoms with Gasteiger partial charge in [0, 0.05) is 18.2 Å². The SMILES string of the molecule is CS(=O)(=O)c1ccc2ncnc(NCc3ccc(Br)c(F)c3)c2c1. The van der Waals surface area contributed by atoms with Gasteiger partial charge in [-0.1, -0.05) is 6.07 Å². The van der Waals surface area contributed by atoms with E-state index in [2.05, 4.69) is 31.2 Å². The largest absolute Gasteiger partial charge is 0.365 e. The van der Waals surface area contributed by atoms with E-state index < -0.39 is 9.84 Å². The van der Waals surface area contributed by atoms with Gasteiger partial charge in [-0.25, -0.2) is 22.8 Å². The first-order valence-electron chi connectivity index (χ1n) is 6.97. The van der Waals surface area contributed by atoms with E-state index in [0.717, 1.165) is 11.8 Å². The number of fused-ring (bicyclic) bond motifs is 1. The summed E-state index contributed by atoms with van der Waals surface area (Å²) in [4.78, 5) is 8.50. The molecule has 0 aliphatic rings. The first-order chi connectivity index (χ1) is 11.3. The molecule has 0 aliphatic carbocycles. The Morgan fingerprint density at radius 3 is 2.67 bits per heavy atom. The molecular formula is C16H13BrFN3O2S. The summed E-state index contributed by atoms with van der Waals surface area (Å²) in [5, 5.41) is 3.70. The lowest BCUT2D eigenvalue weighted by Crippen LogP contribution is -2.04. The van der Waals surface area contributed by atoms with Crippen molar-refractivity contribution in [2.45, 2.75) is 11.4 Å². The Balaban J connectivity index is 1.95. The summed E-state index contributed by atoms with van der Waals surface area (Å²) in [5.41, 5.74) is 1.36.